The number of rotatable bonds is 8. The van der Waals surface area contributed by atoms with Gasteiger partial charge in [0, 0.05) is 31.4 Å². The minimum atomic E-state index is -0.413. The van der Waals surface area contributed by atoms with E-state index in [0.717, 1.165) is 30.9 Å². The fourth-order valence-electron chi connectivity index (χ4n) is 2.69. The summed E-state index contributed by atoms with van der Waals surface area (Å²) in [6.45, 7) is 5.92. The van der Waals surface area contributed by atoms with Crippen LogP contribution in [0.1, 0.15) is 49.5 Å². The molecule has 27 heavy (non-hydrogen) atoms. The Morgan fingerprint density at radius 2 is 1.89 bits per heavy atom. The molecule has 2 heterocycles. The maximum Gasteiger partial charge on any atom is 0.315 e. The molecule has 0 spiro atoms. The number of nitrogens with two attached hydrogens (primary N) is 1. The summed E-state index contributed by atoms with van der Waals surface area (Å²) in [7, 11) is 0. The molecule has 7 nitrogen and oxygen atoms in total. The second-order valence-electron chi connectivity index (χ2n) is 6.25. The molecule has 3 aromatic rings. The minimum absolute atomic E-state index is 0. The molecule has 3 rings (SSSR count). The molecule has 1 aromatic carbocycles. The van der Waals surface area contributed by atoms with E-state index in [0.29, 0.717) is 17.8 Å². The Balaban J connectivity index is 0.00000182. The van der Waals surface area contributed by atoms with Gasteiger partial charge in [0.15, 0.2) is 0 Å². The molecule has 0 aliphatic carbocycles. The van der Waals surface area contributed by atoms with E-state index in [1.54, 1.807) is 0 Å². The lowest BCUT2D eigenvalue weighted by Gasteiger charge is -2.10. The Bertz CT molecular complexity index is 790. The maximum atomic E-state index is 6.16. The molecule has 0 radical (unpaired) electrons. The average Bonchev–Trinajstić information content (AvgIpc) is 3.28. The Hall–Kier alpha value is -2.09. The second-order valence-corrected chi connectivity index (χ2v) is 6.25. The predicted octanol–water partition coefficient (Wildman–Crippen LogP) is 3.78. The highest BCUT2D eigenvalue weighted by Crippen LogP contribution is 2.19. The number of halogens is 2. The quantitative estimate of drug-likeness (QED) is 0.546. The van der Waals surface area contributed by atoms with Crippen molar-refractivity contribution in [1.29, 1.82) is 0 Å². The smallest absolute Gasteiger partial charge is 0.315 e. The monoisotopic (exact) mass is 412 g/mol. The van der Waals surface area contributed by atoms with Gasteiger partial charge in [-0.25, -0.2) is 4.98 Å². The highest BCUT2D eigenvalue weighted by Gasteiger charge is 2.16. The van der Waals surface area contributed by atoms with Crippen molar-refractivity contribution in [2.24, 2.45) is 5.73 Å². The zero-order chi connectivity index (χ0) is 17.6. The Morgan fingerprint density at radius 1 is 1.15 bits per heavy atom. The van der Waals surface area contributed by atoms with Crippen LogP contribution in [0.25, 0.3) is 0 Å². The van der Waals surface area contributed by atoms with Crippen LogP contribution in [-0.4, -0.2) is 26.3 Å². The number of hydrogen-bond acceptors (Lipinski definition) is 6. The van der Waals surface area contributed by atoms with Gasteiger partial charge in [0.25, 0.3) is 0 Å². The molecule has 0 unspecified atom stereocenters. The first-order valence-electron chi connectivity index (χ1n) is 8.54. The van der Waals surface area contributed by atoms with E-state index in [-0.39, 0.29) is 24.8 Å². The molecule has 0 bridgehead atoms. The van der Waals surface area contributed by atoms with E-state index < -0.39 is 6.04 Å². The summed E-state index contributed by atoms with van der Waals surface area (Å²) >= 11 is 0. The highest BCUT2D eigenvalue weighted by molar-refractivity contribution is 5.85. The Kier molecular flexibility index (Phi) is 9.28. The van der Waals surface area contributed by atoms with Crippen molar-refractivity contribution in [3.05, 3.63) is 60.0 Å². The molecule has 0 amide bonds. The Morgan fingerprint density at radius 3 is 2.59 bits per heavy atom. The summed E-state index contributed by atoms with van der Waals surface area (Å²) in [6, 6.07) is 9.69. The van der Waals surface area contributed by atoms with E-state index in [9.17, 15) is 0 Å². The topological polar surface area (TPSA) is 94.8 Å². The van der Waals surface area contributed by atoms with E-state index in [1.165, 1.54) is 0 Å². The SMILES string of the molecule is CC(C)c1nccn1CCCNc1nnc([C@H](N)c2ccccc2)o1.Cl.Cl. The number of aromatic nitrogens is 4. The zero-order valence-corrected chi connectivity index (χ0v) is 17.0. The van der Waals surface area contributed by atoms with Crippen LogP contribution < -0.4 is 11.1 Å². The largest absolute Gasteiger partial charge is 0.406 e. The molecule has 0 aliphatic heterocycles. The van der Waals surface area contributed by atoms with Crippen LogP contribution in [0.5, 0.6) is 0 Å². The molecule has 148 valence electrons. The number of nitrogens with zero attached hydrogens (tertiary/aromatic N) is 4. The molecule has 0 aliphatic rings. The van der Waals surface area contributed by atoms with Crippen LogP contribution in [0, 0.1) is 0 Å². The van der Waals surface area contributed by atoms with Gasteiger partial charge in [0.1, 0.15) is 11.9 Å². The fourth-order valence-corrected chi connectivity index (χ4v) is 2.69. The minimum Gasteiger partial charge on any atom is -0.406 e. The van der Waals surface area contributed by atoms with Crippen LogP contribution in [0.2, 0.25) is 0 Å². The van der Waals surface area contributed by atoms with E-state index in [2.05, 4.69) is 38.9 Å². The Labute approximate surface area is 171 Å². The molecular weight excluding hydrogens is 387 g/mol. The number of nitrogens with one attached hydrogen (secondary N) is 1. The van der Waals surface area contributed by atoms with Crippen molar-refractivity contribution in [3.8, 4) is 0 Å². The first-order chi connectivity index (χ1) is 12.1. The summed E-state index contributed by atoms with van der Waals surface area (Å²) in [5.74, 6) is 1.93. The van der Waals surface area contributed by atoms with Gasteiger partial charge in [0.05, 0.1) is 0 Å². The van der Waals surface area contributed by atoms with Gasteiger partial charge in [-0.2, -0.15) is 0 Å². The molecular formula is C18H26Cl2N6O. The molecule has 0 saturated carbocycles. The number of imidazole rings is 1. The van der Waals surface area contributed by atoms with Gasteiger partial charge < -0.3 is 20.0 Å². The maximum absolute atomic E-state index is 6.16. The molecule has 0 fully saturated rings. The normalized spacial score (nSPS) is 11.6. The third kappa shape index (κ3) is 5.95. The lowest BCUT2D eigenvalue weighted by molar-refractivity contribution is 0.481. The van der Waals surface area contributed by atoms with Gasteiger partial charge in [-0.1, -0.05) is 49.3 Å². The van der Waals surface area contributed by atoms with E-state index >= 15 is 0 Å². The second kappa shape index (κ2) is 10.9. The van der Waals surface area contributed by atoms with Crippen LogP contribution in [-0.2, 0) is 6.54 Å². The first-order valence-corrected chi connectivity index (χ1v) is 8.54. The third-order valence-electron chi connectivity index (χ3n) is 3.98. The van der Waals surface area contributed by atoms with Gasteiger partial charge in [-0.15, -0.1) is 29.9 Å². The summed E-state index contributed by atoms with van der Waals surface area (Å²) < 4.78 is 7.80. The number of benzene rings is 1. The van der Waals surface area contributed by atoms with Gasteiger partial charge in [0.2, 0.25) is 5.89 Å². The number of hydrogen-bond donors (Lipinski definition) is 2. The fraction of sp³-hybridized carbons (Fsp3) is 0.389. The van der Waals surface area contributed by atoms with Crippen molar-refractivity contribution in [1.82, 2.24) is 19.7 Å². The molecule has 1 atom stereocenters. The van der Waals surface area contributed by atoms with Crippen molar-refractivity contribution < 1.29 is 4.42 Å². The summed E-state index contributed by atoms with van der Waals surface area (Å²) in [5, 5.41) is 11.2. The van der Waals surface area contributed by atoms with Crippen molar-refractivity contribution in [3.63, 3.8) is 0 Å². The van der Waals surface area contributed by atoms with Crippen molar-refractivity contribution >= 4 is 30.8 Å². The van der Waals surface area contributed by atoms with Crippen LogP contribution in [0.3, 0.4) is 0 Å². The predicted molar refractivity (Wildman–Crippen MR) is 111 cm³/mol. The van der Waals surface area contributed by atoms with Crippen molar-refractivity contribution in [2.45, 2.75) is 38.8 Å². The lowest BCUT2D eigenvalue weighted by Crippen LogP contribution is -2.12. The average molecular weight is 413 g/mol. The summed E-state index contributed by atoms with van der Waals surface area (Å²) in [5.41, 5.74) is 7.10. The van der Waals surface area contributed by atoms with E-state index in [4.69, 9.17) is 10.2 Å². The zero-order valence-electron chi connectivity index (χ0n) is 15.4. The summed E-state index contributed by atoms with van der Waals surface area (Å²) in [4.78, 5) is 4.39. The van der Waals surface area contributed by atoms with E-state index in [1.807, 2.05) is 42.7 Å². The van der Waals surface area contributed by atoms with Gasteiger partial charge in [-0.05, 0) is 12.0 Å². The van der Waals surface area contributed by atoms with Crippen molar-refractivity contribution in [2.75, 3.05) is 11.9 Å². The van der Waals surface area contributed by atoms with Gasteiger partial charge >= 0.3 is 6.01 Å². The highest BCUT2D eigenvalue weighted by atomic mass is 35.5. The lowest BCUT2D eigenvalue weighted by atomic mass is 10.1. The van der Waals surface area contributed by atoms with Gasteiger partial charge in [-0.3, -0.25) is 0 Å². The standard InChI is InChI=1S/C18H24N6O.2ClH/c1-13(2)16-20-10-12-24(16)11-6-9-21-18-23-22-17(25-18)15(19)14-7-4-3-5-8-14;;/h3-5,7-8,10,12-13,15H,6,9,11,19H2,1-2H3,(H,21,23);2*1H/t15-;;/m1../s1. The molecule has 2 aromatic heterocycles. The first kappa shape index (κ1) is 23.0. The third-order valence-corrected chi connectivity index (χ3v) is 3.98. The van der Waals surface area contributed by atoms with Crippen LogP contribution >= 0.6 is 24.8 Å². The summed E-state index contributed by atoms with van der Waals surface area (Å²) in [6.07, 6.45) is 4.79. The molecule has 0 saturated heterocycles. The molecule has 3 N–H and O–H groups in total. The van der Waals surface area contributed by atoms with Crippen LogP contribution in [0.15, 0.2) is 47.1 Å². The number of anilines is 1. The molecule has 9 heteroatoms. The van der Waals surface area contributed by atoms with Crippen LogP contribution in [0.4, 0.5) is 6.01 Å². The number of aryl methyl sites for hydroxylation is 1.